The Kier molecular flexibility index (Phi) is 29.3. The molecule has 0 aromatic heterocycles. The van der Waals surface area contributed by atoms with Gasteiger partial charge in [0.15, 0.2) is 0 Å². The van der Waals surface area contributed by atoms with E-state index in [4.69, 9.17) is 9.47 Å². The van der Waals surface area contributed by atoms with Gasteiger partial charge in [-0.05, 0) is 106 Å². The molecule has 0 aromatic carbocycles. The van der Waals surface area contributed by atoms with Crippen LogP contribution < -0.4 is 0 Å². The van der Waals surface area contributed by atoms with Gasteiger partial charge in [0.05, 0.1) is 12.2 Å². The molecule has 0 fully saturated rings. The van der Waals surface area contributed by atoms with Gasteiger partial charge in [-0.15, -0.1) is 0 Å². The quantitative estimate of drug-likeness (QED) is 0.0361. The molecule has 0 spiro atoms. The number of ketones is 2. The monoisotopic (exact) mass is 763 g/mol. The van der Waals surface area contributed by atoms with Crippen molar-refractivity contribution in [1.29, 1.82) is 0 Å². The van der Waals surface area contributed by atoms with Crippen molar-refractivity contribution in [3.63, 3.8) is 0 Å². The van der Waals surface area contributed by atoms with Crippen molar-refractivity contribution >= 4 is 17.5 Å². The van der Waals surface area contributed by atoms with Gasteiger partial charge >= 0.3 is 5.97 Å². The van der Waals surface area contributed by atoms with Crippen molar-refractivity contribution in [3.05, 3.63) is 166 Å². The summed E-state index contributed by atoms with van der Waals surface area (Å²) in [5.41, 5.74) is 9.46. The van der Waals surface area contributed by atoms with Crippen LogP contribution in [0, 0.1) is 0 Å². The molecule has 0 heterocycles. The van der Waals surface area contributed by atoms with Crippen LogP contribution in [0.3, 0.4) is 0 Å². The van der Waals surface area contributed by atoms with E-state index in [1.165, 1.54) is 34.8 Å². The summed E-state index contributed by atoms with van der Waals surface area (Å²) in [6.07, 6.45) is 43.1. The Morgan fingerprint density at radius 3 is 1.18 bits per heavy atom. The van der Waals surface area contributed by atoms with Gasteiger partial charge in [0.25, 0.3) is 0 Å². The first-order chi connectivity index (χ1) is 26.6. The molecule has 0 saturated heterocycles. The number of carbonyl (C=O) groups excluding carboxylic acids is 3. The van der Waals surface area contributed by atoms with E-state index in [-0.39, 0.29) is 37.0 Å². The second-order valence-electron chi connectivity index (χ2n) is 14.6. The lowest BCUT2D eigenvalue weighted by atomic mass is 10.1. The molecule has 304 valence electrons. The maximum absolute atomic E-state index is 11.7. The Balaban J connectivity index is 4.66. The van der Waals surface area contributed by atoms with Crippen LogP contribution in [0.4, 0.5) is 0 Å². The van der Waals surface area contributed by atoms with Gasteiger partial charge in [0.1, 0.15) is 24.8 Å². The molecule has 0 unspecified atom stereocenters. The lowest BCUT2D eigenvalue weighted by Gasteiger charge is -2.08. The maximum atomic E-state index is 11.7. The number of esters is 1. The molecule has 0 bridgehead atoms. The average Bonchev–Trinajstić information content (AvgIpc) is 3.13. The Bertz CT molecular complexity index is 1560. The number of hydrogen-bond acceptors (Lipinski definition) is 5. The molecule has 56 heavy (non-hydrogen) atoms. The zero-order valence-corrected chi connectivity index (χ0v) is 36.2. The van der Waals surface area contributed by atoms with Crippen LogP contribution in [0.15, 0.2) is 166 Å². The lowest BCUT2D eigenvalue weighted by molar-refractivity contribution is -0.143. The SMILES string of the molecule is C=C(CCC(C)=O)OC/C(C)=C/CC/C(C)=C/C=C/C(C)=C/C=C/C(C)=C/C=C/C=C(C)/C=C/C=C(C)/C=C/C=C(\C)CC/C=C(\C)COC(=O)CCC(C)=O. The van der Waals surface area contributed by atoms with Crippen LogP contribution in [0.5, 0.6) is 0 Å². The topological polar surface area (TPSA) is 69.7 Å². The third-order valence-electron chi connectivity index (χ3n) is 8.21. The fourth-order valence-corrected chi connectivity index (χ4v) is 4.59. The highest BCUT2D eigenvalue weighted by Gasteiger charge is 2.05. The summed E-state index contributed by atoms with van der Waals surface area (Å²) in [6, 6.07) is 0. The van der Waals surface area contributed by atoms with Crippen molar-refractivity contribution in [2.24, 2.45) is 0 Å². The Labute approximate surface area is 340 Å². The average molecular weight is 763 g/mol. The van der Waals surface area contributed by atoms with Crippen LogP contribution in [0.25, 0.3) is 0 Å². The molecule has 5 heteroatoms. The van der Waals surface area contributed by atoms with E-state index in [2.05, 4.69) is 164 Å². The van der Waals surface area contributed by atoms with Crippen LogP contribution in [0.2, 0.25) is 0 Å². The summed E-state index contributed by atoms with van der Waals surface area (Å²) in [7, 11) is 0. The molecule has 0 aliphatic carbocycles. The molecule has 0 radical (unpaired) electrons. The zero-order valence-electron chi connectivity index (χ0n) is 36.2. The smallest absolute Gasteiger partial charge is 0.306 e. The van der Waals surface area contributed by atoms with E-state index in [0.717, 1.165) is 42.4 Å². The second-order valence-corrected chi connectivity index (χ2v) is 14.6. The van der Waals surface area contributed by atoms with Crippen molar-refractivity contribution in [2.45, 2.75) is 121 Å². The van der Waals surface area contributed by atoms with Crippen LogP contribution >= 0.6 is 0 Å². The molecule has 0 rings (SSSR count). The summed E-state index contributed by atoms with van der Waals surface area (Å²) in [5, 5.41) is 0. The molecule has 0 aromatic rings. The third kappa shape index (κ3) is 33.5. The van der Waals surface area contributed by atoms with Gasteiger partial charge in [-0.1, -0.05) is 149 Å². The first-order valence-electron chi connectivity index (χ1n) is 19.7. The van der Waals surface area contributed by atoms with Gasteiger partial charge in [-0.2, -0.15) is 0 Å². The predicted octanol–water partition coefficient (Wildman–Crippen LogP) is 13.7. The second kappa shape index (κ2) is 32.2. The standard InChI is InChI=1S/C51H70O5/c1-40(22-14-24-42(3)26-16-28-44(5)30-18-32-46(7)38-55-50(11)36-34-48(9)52)20-12-13-21-41(2)23-15-25-43(4)27-17-29-45(6)31-19-33-47(8)39-56-51(54)37-35-49(10)53/h12-17,20-29,32-33H,11,18-19,30-31,34-39H2,1-10H3/b13-12+,22-14+,23-15+,26-16+,27-17+,40-20+,41-21+,42-24+,43-25+,44-28+,45-29+,46-32+,47-33+. The Hall–Kier alpha value is -5.03. The van der Waals surface area contributed by atoms with E-state index >= 15 is 0 Å². The van der Waals surface area contributed by atoms with Gasteiger partial charge in [-0.3, -0.25) is 4.79 Å². The van der Waals surface area contributed by atoms with Crippen molar-refractivity contribution in [1.82, 2.24) is 0 Å². The summed E-state index contributed by atoms with van der Waals surface area (Å²) in [5.74, 6) is 0.488. The van der Waals surface area contributed by atoms with Crippen molar-refractivity contribution in [3.8, 4) is 0 Å². The van der Waals surface area contributed by atoms with E-state index in [1.807, 2.05) is 6.92 Å². The van der Waals surface area contributed by atoms with Gasteiger partial charge in [-0.25, -0.2) is 0 Å². The Morgan fingerprint density at radius 1 is 0.411 bits per heavy atom. The number of allylic oxidation sites excluding steroid dienone is 25. The number of hydrogen-bond donors (Lipinski definition) is 0. The number of Topliss-reactive ketones (excluding diaryl/α,β-unsaturated/α-hetero) is 2. The highest BCUT2D eigenvalue weighted by Crippen LogP contribution is 2.12. The molecule has 0 aliphatic rings. The van der Waals surface area contributed by atoms with Gasteiger partial charge < -0.3 is 19.1 Å². The van der Waals surface area contributed by atoms with Crippen LogP contribution in [-0.4, -0.2) is 30.7 Å². The minimum atomic E-state index is -0.329. The minimum Gasteiger partial charge on any atom is -0.494 e. The number of ether oxygens (including phenoxy) is 2. The van der Waals surface area contributed by atoms with E-state index in [1.54, 1.807) is 6.92 Å². The molecule has 5 nitrogen and oxygen atoms in total. The maximum Gasteiger partial charge on any atom is 0.306 e. The minimum absolute atomic E-state index is 0.00427. The normalized spacial score (nSPS) is 14.7. The zero-order chi connectivity index (χ0) is 42.1. The lowest BCUT2D eigenvalue weighted by Crippen LogP contribution is -2.08. The van der Waals surface area contributed by atoms with E-state index in [9.17, 15) is 14.4 Å². The molecular weight excluding hydrogens is 693 g/mol. The van der Waals surface area contributed by atoms with Crippen molar-refractivity contribution in [2.75, 3.05) is 13.2 Å². The third-order valence-corrected chi connectivity index (χ3v) is 8.21. The summed E-state index contributed by atoms with van der Waals surface area (Å²) >= 11 is 0. The summed E-state index contributed by atoms with van der Waals surface area (Å²) < 4.78 is 10.9. The van der Waals surface area contributed by atoms with Gasteiger partial charge in [0, 0.05) is 19.3 Å². The number of rotatable bonds is 27. The van der Waals surface area contributed by atoms with Gasteiger partial charge in [0.2, 0.25) is 0 Å². The molecule has 0 aliphatic heterocycles. The Morgan fingerprint density at radius 2 is 0.768 bits per heavy atom. The fraction of sp³-hybridized carbons (Fsp3) is 0.392. The highest BCUT2D eigenvalue weighted by molar-refractivity contribution is 5.81. The molecular formula is C51H70O5. The fourth-order valence-electron chi connectivity index (χ4n) is 4.59. The molecule has 0 saturated carbocycles. The number of carbonyl (C=O) groups is 3. The van der Waals surface area contributed by atoms with Crippen molar-refractivity contribution < 1.29 is 23.9 Å². The van der Waals surface area contributed by atoms with Crippen LogP contribution in [-0.2, 0) is 23.9 Å². The molecule has 0 atom stereocenters. The first-order valence-corrected chi connectivity index (χ1v) is 19.7. The van der Waals surface area contributed by atoms with Crippen LogP contribution in [0.1, 0.15) is 121 Å². The first kappa shape index (κ1) is 51.0. The van der Waals surface area contributed by atoms with E-state index < -0.39 is 0 Å². The predicted molar refractivity (Wildman–Crippen MR) is 240 cm³/mol. The molecule has 0 N–H and O–H groups in total. The summed E-state index contributed by atoms with van der Waals surface area (Å²) in [4.78, 5) is 33.7. The summed E-state index contributed by atoms with van der Waals surface area (Å²) in [6.45, 7) is 24.4. The highest BCUT2D eigenvalue weighted by atomic mass is 16.5. The largest absolute Gasteiger partial charge is 0.494 e. The van der Waals surface area contributed by atoms with E-state index in [0.29, 0.717) is 25.2 Å². The molecule has 0 amide bonds.